The average Bonchev–Trinajstić information content (AvgIpc) is 3.23. The Labute approximate surface area is 220 Å². The Morgan fingerprint density at radius 2 is 2.11 bits per heavy atom. The van der Waals surface area contributed by atoms with Crippen molar-refractivity contribution in [3.8, 4) is 27.8 Å². The summed E-state index contributed by atoms with van der Waals surface area (Å²) in [4.78, 5) is 16.9. The Balaban J connectivity index is 1.31. The quantitative estimate of drug-likeness (QED) is 0.344. The molecule has 5 rings (SSSR count). The summed E-state index contributed by atoms with van der Waals surface area (Å²) in [5.74, 6) is -0.157. The van der Waals surface area contributed by atoms with Gasteiger partial charge in [0.25, 0.3) is 0 Å². The highest BCUT2D eigenvalue weighted by molar-refractivity contribution is 7.19. The zero-order valence-corrected chi connectivity index (χ0v) is 21.4. The second kappa shape index (κ2) is 10.4. The molecule has 3 aromatic rings. The summed E-state index contributed by atoms with van der Waals surface area (Å²) in [5, 5.41) is 9.33. The van der Waals surface area contributed by atoms with Crippen molar-refractivity contribution >= 4 is 28.9 Å². The van der Waals surface area contributed by atoms with Crippen molar-refractivity contribution in [2.45, 2.75) is 58.2 Å². The number of aliphatic carboxylic acids is 1. The van der Waals surface area contributed by atoms with Crippen molar-refractivity contribution in [3.63, 3.8) is 0 Å². The summed E-state index contributed by atoms with van der Waals surface area (Å²) < 4.78 is 48.5. The molecule has 1 N–H and O–H groups in total. The minimum atomic E-state index is -3.67. The van der Waals surface area contributed by atoms with E-state index in [1.165, 1.54) is 17.4 Å². The molecule has 1 saturated carbocycles. The summed E-state index contributed by atoms with van der Waals surface area (Å²) in [5.41, 5.74) is 2.56. The number of fused-ring (bicyclic) bond motifs is 1. The number of hydrogen-bond donors (Lipinski definition) is 1. The van der Waals surface area contributed by atoms with Gasteiger partial charge in [0.15, 0.2) is 0 Å². The minimum absolute atomic E-state index is 0.0119. The predicted molar refractivity (Wildman–Crippen MR) is 132 cm³/mol. The molecule has 7 nitrogen and oxygen atoms in total. The number of thiophene rings is 1. The van der Waals surface area contributed by atoms with Crippen LogP contribution in [0.2, 0.25) is 4.34 Å². The molecule has 0 saturated heterocycles. The van der Waals surface area contributed by atoms with Crippen LogP contribution in [0.5, 0.6) is 17.2 Å². The van der Waals surface area contributed by atoms with Gasteiger partial charge < -0.3 is 19.3 Å². The van der Waals surface area contributed by atoms with Gasteiger partial charge in [0.05, 0.1) is 44.8 Å². The molecule has 2 aliphatic rings. The van der Waals surface area contributed by atoms with Gasteiger partial charge in [0.1, 0.15) is 23.9 Å². The van der Waals surface area contributed by atoms with E-state index in [1.807, 2.05) is 19.1 Å². The first-order valence-corrected chi connectivity index (χ1v) is 13.0. The highest BCUT2D eigenvalue weighted by Gasteiger charge is 2.39. The topological polar surface area (TPSA) is 87.1 Å². The predicted octanol–water partition coefficient (Wildman–Crippen LogP) is 6.83. The van der Waals surface area contributed by atoms with Gasteiger partial charge in [-0.3, -0.25) is 9.53 Å². The van der Waals surface area contributed by atoms with Crippen molar-refractivity contribution in [1.82, 2.24) is 4.98 Å². The van der Waals surface area contributed by atoms with Gasteiger partial charge in [-0.05, 0) is 62.9 Å². The number of nitrogens with zero attached hydrogens (tertiary/aromatic N) is 1. The number of rotatable bonds is 7. The highest BCUT2D eigenvalue weighted by atomic mass is 35.5. The van der Waals surface area contributed by atoms with Gasteiger partial charge in [-0.2, -0.15) is 0 Å². The van der Waals surface area contributed by atoms with E-state index in [9.17, 15) is 18.7 Å². The van der Waals surface area contributed by atoms with E-state index in [4.69, 9.17) is 26.1 Å². The van der Waals surface area contributed by atoms with Gasteiger partial charge >= 0.3 is 12.3 Å². The van der Waals surface area contributed by atoms with Crippen LogP contribution in [0.25, 0.3) is 10.6 Å². The lowest BCUT2D eigenvalue weighted by atomic mass is 9.87. The number of carboxylic acid groups (broad SMARTS) is 1. The van der Waals surface area contributed by atoms with Crippen LogP contribution in [-0.2, 0) is 22.7 Å². The maximum Gasteiger partial charge on any atom is 0.535 e. The van der Waals surface area contributed by atoms with Crippen LogP contribution in [0.15, 0.2) is 36.4 Å². The SMILES string of the molecule is Cc1nc(-c2sc(Cl)cc2COc2cccc3c2COC(F)(F)O3)ccc1O[C@H]1CCC[C@H](C(=O)O)C1. The monoisotopic (exact) mass is 551 g/mol. The fourth-order valence-corrected chi connectivity index (χ4v) is 5.79. The summed E-state index contributed by atoms with van der Waals surface area (Å²) in [6, 6.07) is 10.1. The van der Waals surface area contributed by atoms with Gasteiger partial charge in [0, 0.05) is 5.56 Å². The second-order valence-corrected chi connectivity index (χ2v) is 10.7. The number of halogens is 3. The summed E-state index contributed by atoms with van der Waals surface area (Å²) >= 11 is 7.68. The molecule has 0 unspecified atom stereocenters. The number of pyridine rings is 1. The van der Waals surface area contributed by atoms with Crippen molar-refractivity contribution in [1.29, 1.82) is 0 Å². The summed E-state index contributed by atoms with van der Waals surface area (Å²) in [6.07, 6.45) is -1.05. The lowest BCUT2D eigenvalue weighted by molar-refractivity contribution is -0.368. The van der Waals surface area contributed by atoms with Crippen molar-refractivity contribution in [3.05, 3.63) is 57.6 Å². The van der Waals surface area contributed by atoms with E-state index in [0.29, 0.717) is 45.6 Å². The molecule has 0 amide bonds. The third kappa shape index (κ3) is 5.81. The third-order valence-electron chi connectivity index (χ3n) is 6.40. The van der Waals surface area contributed by atoms with E-state index in [0.717, 1.165) is 23.3 Å². The molecule has 0 bridgehead atoms. The van der Waals surface area contributed by atoms with Crippen LogP contribution in [0.4, 0.5) is 8.78 Å². The molecule has 3 heterocycles. The van der Waals surface area contributed by atoms with Crippen LogP contribution < -0.4 is 14.2 Å². The van der Waals surface area contributed by atoms with E-state index >= 15 is 0 Å². The number of alkyl halides is 2. The van der Waals surface area contributed by atoms with Crippen LogP contribution in [0.1, 0.15) is 42.5 Å². The number of benzene rings is 1. The normalized spacial score (nSPS) is 20.5. The average molecular weight is 552 g/mol. The Morgan fingerprint density at radius 1 is 1.27 bits per heavy atom. The van der Waals surface area contributed by atoms with E-state index in [1.54, 1.807) is 18.2 Å². The molecule has 11 heteroatoms. The van der Waals surface area contributed by atoms with Crippen LogP contribution in [-0.4, -0.2) is 28.5 Å². The fraction of sp³-hybridized carbons (Fsp3) is 0.385. The molecule has 2 aromatic heterocycles. The zero-order chi connectivity index (χ0) is 26.2. The molecule has 2 atom stereocenters. The molecule has 37 heavy (non-hydrogen) atoms. The van der Waals surface area contributed by atoms with Crippen LogP contribution >= 0.6 is 22.9 Å². The Kier molecular flexibility index (Phi) is 7.24. The standard InChI is InChI=1S/C26H24ClF2NO6S/c1-14-20(35-17-5-2-4-15(10-17)25(31)32)9-8-19(30-14)24-16(11-23(27)37-24)12-33-21-6-3-7-22-18(21)13-34-26(28,29)36-22/h3,6-9,11,15,17H,2,4-5,10,12-13H2,1H3,(H,31,32)/t15-,17-/m0/s1. The highest BCUT2D eigenvalue weighted by Crippen LogP contribution is 2.40. The number of carbonyl (C=O) groups is 1. The second-order valence-electron chi connectivity index (χ2n) is 9.00. The fourth-order valence-electron chi connectivity index (χ4n) is 4.56. The zero-order valence-electron chi connectivity index (χ0n) is 19.8. The molecular formula is C26H24ClF2NO6S. The van der Waals surface area contributed by atoms with Crippen LogP contribution in [0.3, 0.4) is 0 Å². The molecule has 196 valence electrons. The Morgan fingerprint density at radius 3 is 2.89 bits per heavy atom. The van der Waals surface area contributed by atoms with Crippen molar-refractivity contribution in [2.24, 2.45) is 5.92 Å². The number of ether oxygens (including phenoxy) is 4. The smallest absolute Gasteiger partial charge is 0.489 e. The number of aryl methyl sites for hydroxylation is 1. The first-order chi connectivity index (χ1) is 17.7. The number of hydrogen-bond acceptors (Lipinski definition) is 7. The maximum atomic E-state index is 13.4. The first-order valence-electron chi connectivity index (χ1n) is 11.8. The maximum absolute atomic E-state index is 13.4. The van der Waals surface area contributed by atoms with Crippen molar-refractivity contribution in [2.75, 3.05) is 0 Å². The summed E-state index contributed by atoms with van der Waals surface area (Å²) in [6.45, 7) is 1.63. The largest absolute Gasteiger partial charge is 0.535 e. The number of aromatic nitrogens is 1. The van der Waals surface area contributed by atoms with E-state index in [2.05, 4.69) is 9.47 Å². The third-order valence-corrected chi connectivity index (χ3v) is 7.73. The van der Waals surface area contributed by atoms with Gasteiger partial charge in [-0.1, -0.05) is 17.7 Å². The summed E-state index contributed by atoms with van der Waals surface area (Å²) in [7, 11) is 0. The molecule has 1 fully saturated rings. The Bertz CT molecular complexity index is 1320. The molecule has 1 aliphatic heterocycles. The van der Waals surface area contributed by atoms with Gasteiger partial charge in [0.2, 0.25) is 0 Å². The first kappa shape index (κ1) is 25.7. The molecular weight excluding hydrogens is 528 g/mol. The molecule has 0 spiro atoms. The lowest BCUT2D eigenvalue weighted by Crippen LogP contribution is -2.32. The molecule has 0 radical (unpaired) electrons. The van der Waals surface area contributed by atoms with Gasteiger partial charge in [-0.15, -0.1) is 20.1 Å². The van der Waals surface area contributed by atoms with Crippen LogP contribution in [0, 0.1) is 12.8 Å². The minimum Gasteiger partial charge on any atom is -0.489 e. The number of carboxylic acids is 1. The van der Waals surface area contributed by atoms with E-state index in [-0.39, 0.29) is 31.0 Å². The van der Waals surface area contributed by atoms with E-state index < -0.39 is 12.3 Å². The lowest BCUT2D eigenvalue weighted by Gasteiger charge is -2.27. The van der Waals surface area contributed by atoms with Crippen molar-refractivity contribution < 1.29 is 37.6 Å². The Hall–Kier alpha value is -2.95. The van der Waals surface area contributed by atoms with Gasteiger partial charge in [-0.25, -0.2) is 4.98 Å². The molecule has 1 aliphatic carbocycles. The molecule has 1 aromatic carbocycles.